The molecule has 121 valence electrons. The molecule has 0 saturated carbocycles. The largest absolute Gasteiger partial charge is 0.660 e. The van der Waals surface area contributed by atoms with E-state index in [0.29, 0.717) is 17.1 Å². The summed E-state index contributed by atoms with van der Waals surface area (Å²) in [6.07, 6.45) is -0.807. The van der Waals surface area contributed by atoms with Gasteiger partial charge < -0.3 is 14.4 Å². The van der Waals surface area contributed by atoms with E-state index in [4.69, 9.17) is 9.31 Å². The van der Waals surface area contributed by atoms with Gasteiger partial charge in [0, 0.05) is 24.1 Å². The maximum absolute atomic E-state index is 14.1. The number of alkyl halides is 1. The predicted octanol–water partition coefficient (Wildman–Crippen LogP) is 2.93. The first-order valence-corrected chi connectivity index (χ1v) is 7.39. The average Bonchev–Trinajstić information content (AvgIpc) is 2.54. The summed E-state index contributed by atoms with van der Waals surface area (Å²) >= 11 is 0. The Kier molecular flexibility index (Phi) is 4.79. The normalized spacial score (nSPS) is 20.3. The number of benzene rings is 1. The molecule has 0 spiro atoms. The van der Waals surface area contributed by atoms with Crippen LogP contribution in [-0.4, -0.2) is 29.9 Å². The lowest BCUT2D eigenvalue weighted by Crippen LogP contribution is -2.13. The SMILES string of the molecule is O=C1/C=C(\O)CC(F)Cc2cccc(n2)-c2cccc(c2)O[B]O1. The summed E-state index contributed by atoms with van der Waals surface area (Å²) in [5.74, 6) is -0.782. The molecule has 1 N–H and O–H groups in total. The Morgan fingerprint density at radius 1 is 1.17 bits per heavy atom. The van der Waals surface area contributed by atoms with E-state index in [2.05, 4.69) is 4.98 Å². The molecule has 5 nitrogen and oxygen atoms in total. The number of rotatable bonds is 0. The third-order valence-corrected chi connectivity index (χ3v) is 3.43. The molecule has 1 aliphatic heterocycles. The van der Waals surface area contributed by atoms with Gasteiger partial charge in [-0.25, -0.2) is 9.18 Å². The van der Waals surface area contributed by atoms with E-state index < -0.39 is 17.9 Å². The van der Waals surface area contributed by atoms with Gasteiger partial charge in [-0.3, -0.25) is 4.98 Å². The van der Waals surface area contributed by atoms with E-state index in [9.17, 15) is 14.3 Å². The fourth-order valence-corrected chi connectivity index (χ4v) is 2.36. The van der Waals surface area contributed by atoms with Crippen molar-refractivity contribution >= 4 is 13.7 Å². The maximum atomic E-state index is 14.1. The zero-order chi connectivity index (χ0) is 16.9. The van der Waals surface area contributed by atoms with Gasteiger partial charge in [0.2, 0.25) is 0 Å². The number of aliphatic hydroxyl groups excluding tert-OH is 1. The fourth-order valence-electron chi connectivity index (χ4n) is 2.36. The van der Waals surface area contributed by atoms with Crippen molar-refractivity contribution in [1.82, 2.24) is 4.98 Å². The van der Waals surface area contributed by atoms with Crippen molar-refractivity contribution in [3.63, 3.8) is 0 Å². The summed E-state index contributed by atoms with van der Waals surface area (Å²) in [5, 5.41) is 9.66. The molecule has 0 amide bonds. The summed E-state index contributed by atoms with van der Waals surface area (Å²) in [6.45, 7) is 0. The van der Waals surface area contributed by atoms with Gasteiger partial charge >= 0.3 is 13.7 Å². The minimum absolute atomic E-state index is 0.0309. The zero-order valence-electron chi connectivity index (χ0n) is 12.7. The lowest BCUT2D eigenvalue weighted by Gasteiger charge is -2.09. The highest BCUT2D eigenvalue weighted by Crippen LogP contribution is 2.23. The van der Waals surface area contributed by atoms with Gasteiger partial charge in [0.1, 0.15) is 17.7 Å². The first-order chi connectivity index (χ1) is 11.6. The second-order valence-electron chi connectivity index (χ2n) is 5.33. The molecule has 2 aromatic rings. The number of carbonyl (C=O) groups is 1. The highest BCUT2D eigenvalue weighted by atomic mass is 19.1. The van der Waals surface area contributed by atoms with Crippen molar-refractivity contribution in [3.8, 4) is 17.0 Å². The molecule has 1 atom stereocenters. The van der Waals surface area contributed by atoms with E-state index in [0.717, 1.165) is 19.3 Å². The Balaban J connectivity index is 1.95. The molecule has 1 aromatic carbocycles. The number of carbonyl (C=O) groups excluding carboxylic acids is 1. The van der Waals surface area contributed by atoms with Crippen molar-refractivity contribution in [3.05, 3.63) is 60.0 Å². The third kappa shape index (κ3) is 4.13. The Labute approximate surface area is 139 Å². The van der Waals surface area contributed by atoms with Crippen molar-refractivity contribution < 1.29 is 23.6 Å². The molecule has 0 fully saturated rings. The van der Waals surface area contributed by atoms with Crippen LogP contribution in [0.5, 0.6) is 5.75 Å². The topological polar surface area (TPSA) is 68.7 Å². The van der Waals surface area contributed by atoms with E-state index in [-0.39, 0.29) is 12.8 Å². The highest BCUT2D eigenvalue weighted by molar-refractivity contribution is 6.24. The molecule has 0 saturated heterocycles. The van der Waals surface area contributed by atoms with Crippen molar-refractivity contribution in [2.24, 2.45) is 0 Å². The van der Waals surface area contributed by atoms with Crippen LogP contribution in [-0.2, 0) is 15.9 Å². The molecule has 1 aromatic heterocycles. The number of pyridine rings is 1. The number of aromatic nitrogens is 1. The van der Waals surface area contributed by atoms with Crippen LogP contribution in [0.2, 0.25) is 0 Å². The smallest absolute Gasteiger partial charge is 0.526 e. The quantitative estimate of drug-likeness (QED) is 0.754. The van der Waals surface area contributed by atoms with E-state index >= 15 is 0 Å². The van der Waals surface area contributed by atoms with Gasteiger partial charge in [-0.05, 0) is 24.3 Å². The van der Waals surface area contributed by atoms with Gasteiger partial charge in [-0.15, -0.1) is 0 Å². The zero-order valence-corrected chi connectivity index (χ0v) is 12.7. The maximum Gasteiger partial charge on any atom is 0.660 e. The van der Waals surface area contributed by atoms with Crippen molar-refractivity contribution in [1.29, 1.82) is 0 Å². The minimum atomic E-state index is -1.37. The third-order valence-electron chi connectivity index (χ3n) is 3.43. The first-order valence-electron chi connectivity index (χ1n) is 7.39. The molecule has 1 radical (unpaired) electrons. The van der Waals surface area contributed by atoms with Gasteiger partial charge in [0.25, 0.3) is 0 Å². The van der Waals surface area contributed by atoms with Crippen LogP contribution in [0.25, 0.3) is 11.3 Å². The Morgan fingerprint density at radius 3 is 2.88 bits per heavy atom. The number of allylic oxidation sites excluding steroid dienone is 1. The summed E-state index contributed by atoms with van der Waals surface area (Å²) in [7, 11) is 0.863. The van der Waals surface area contributed by atoms with Crippen LogP contribution >= 0.6 is 0 Å². The molecule has 7 heteroatoms. The van der Waals surface area contributed by atoms with Crippen LogP contribution < -0.4 is 4.65 Å². The molecule has 0 aliphatic carbocycles. The summed E-state index contributed by atoms with van der Waals surface area (Å²) in [6, 6.07) is 12.4. The second kappa shape index (κ2) is 7.17. The highest BCUT2D eigenvalue weighted by Gasteiger charge is 2.15. The molecule has 4 bridgehead atoms. The number of halogens is 1. The molecule has 3 rings (SSSR count). The van der Waals surface area contributed by atoms with E-state index in [1.165, 1.54) is 0 Å². The van der Waals surface area contributed by atoms with Crippen molar-refractivity contribution in [2.75, 3.05) is 0 Å². The molecule has 2 heterocycles. The molecular weight excluding hydrogens is 312 g/mol. The van der Waals surface area contributed by atoms with Crippen LogP contribution in [0.15, 0.2) is 54.3 Å². The Hall–Kier alpha value is -2.83. The van der Waals surface area contributed by atoms with Crippen molar-refractivity contribution in [2.45, 2.75) is 19.0 Å². The van der Waals surface area contributed by atoms with Crippen LogP contribution in [0, 0.1) is 0 Å². The average molecular weight is 326 g/mol. The molecule has 24 heavy (non-hydrogen) atoms. The second-order valence-corrected chi connectivity index (χ2v) is 5.33. The van der Waals surface area contributed by atoms with Gasteiger partial charge in [0.15, 0.2) is 0 Å². The number of hydrogen-bond donors (Lipinski definition) is 1. The van der Waals surface area contributed by atoms with E-state index in [1.54, 1.807) is 30.3 Å². The minimum Gasteiger partial charge on any atom is -0.526 e. The lowest BCUT2D eigenvalue weighted by molar-refractivity contribution is -0.129. The number of aliphatic hydroxyl groups is 1. The van der Waals surface area contributed by atoms with Gasteiger partial charge in [-0.2, -0.15) is 0 Å². The van der Waals surface area contributed by atoms with E-state index in [1.807, 2.05) is 12.1 Å². The van der Waals surface area contributed by atoms with Gasteiger partial charge in [-0.1, -0.05) is 18.2 Å². The fraction of sp³-hybridized carbons (Fsp3) is 0.176. The van der Waals surface area contributed by atoms with Crippen LogP contribution in [0.1, 0.15) is 12.1 Å². The summed E-state index contributed by atoms with van der Waals surface area (Å²) in [4.78, 5) is 16.0. The van der Waals surface area contributed by atoms with Crippen LogP contribution in [0.3, 0.4) is 0 Å². The summed E-state index contributed by atoms with van der Waals surface area (Å²) < 4.78 is 24.0. The van der Waals surface area contributed by atoms with Crippen LogP contribution in [0.4, 0.5) is 4.39 Å². The molecule has 1 unspecified atom stereocenters. The predicted molar refractivity (Wildman–Crippen MR) is 86.1 cm³/mol. The number of hydrogen-bond acceptors (Lipinski definition) is 5. The number of fused-ring (bicyclic) bond motifs is 5. The van der Waals surface area contributed by atoms with Gasteiger partial charge in [0.05, 0.1) is 11.8 Å². The standard InChI is InChI=1S/C17H14BFNO4/c19-12-8-13-4-2-6-16(20-13)11-3-1-5-15(7-11)23-18-24-17(22)10-14(21)9-12/h1-7,10,12,21H,8-9H2/b14-10-. The Morgan fingerprint density at radius 2 is 2.00 bits per heavy atom. The number of nitrogens with zero attached hydrogens (tertiary/aromatic N) is 1. The Bertz CT molecular complexity index is 781. The summed E-state index contributed by atoms with van der Waals surface area (Å²) in [5.41, 5.74) is 2.03. The molecular formula is C17H14BFNO4. The lowest BCUT2D eigenvalue weighted by atomic mass is 10.1. The molecule has 1 aliphatic rings. The monoisotopic (exact) mass is 326 g/mol. The first kappa shape index (κ1) is 16.0.